The molecule has 0 amide bonds. The first-order valence-electron chi connectivity index (χ1n) is 14.4. The number of hydrogen-bond donors (Lipinski definition) is 3. The Hall–Kier alpha value is -3.71. The topological polar surface area (TPSA) is 133 Å². The average molecular weight is 641 g/mol. The summed E-state index contributed by atoms with van der Waals surface area (Å²) in [4.78, 5) is 4.29. The van der Waals surface area contributed by atoms with Gasteiger partial charge in [-0.1, -0.05) is 23.7 Å². The minimum atomic E-state index is -4.22. The van der Waals surface area contributed by atoms with Crippen LogP contribution in [0.2, 0.25) is 5.02 Å². The number of anilines is 2. The Kier molecular flexibility index (Phi) is 8.27. The molecule has 2 aromatic heterocycles. The van der Waals surface area contributed by atoms with Gasteiger partial charge in [0.1, 0.15) is 28.0 Å². The molecular weight excluding hydrogens is 607 g/mol. The molecule has 1 aliphatic heterocycles. The molecule has 10 nitrogen and oxygen atoms in total. The SMILES string of the molecule is COc1ccc(Cl)c(S(=O)(=O)Nc2ccc(-c3nn(C(C)C)c4c(C5=CCC(NC6COC6)CC5)cnc(N)c34)cc2F)c1. The van der Waals surface area contributed by atoms with Gasteiger partial charge in [0.15, 0.2) is 0 Å². The van der Waals surface area contributed by atoms with Gasteiger partial charge >= 0.3 is 0 Å². The second-order valence-electron chi connectivity index (χ2n) is 11.4. The minimum Gasteiger partial charge on any atom is -0.497 e. The van der Waals surface area contributed by atoms with Crippen molar-refractivity contribution in [3.05, 3.63) is 65.1 Å². The van der Waals surface area contributed by atoms with Crippen molar-refractivity contribution in [2.24, 2.45) is 0 Å². The number of nitrogens with two attached hydrogens (primary N) is 1. The number of ether oxygens (including phenoxy) is 2. The fourth-order valence-electron chi connectivity index (χ4n) is 5.66. The van der Waals surface area contributed by atoms with Crippen molar-refractivity contribution in [1.29, 1.82) is 0 Å². The number of fused-ring (bicyclic) bond motifs is 1. The molecule has 0 spiro atoms. The number of nitrogen functional groups attached to an aromatic ring is 1. The molecule has 4 N–H and O–H groups in total. The van der Waals surface area contributed by atoms with Crippen LogP contribution in [0.25, 0.3) is 27.7 Å². The summed E-state index contributed by atoms with van der Waals surface area (Å²) in [6, 6.07) is 9.21. The van der Waals surface area contributed by atoms with E-state index in [1.165, 1.54) is 43.0 Å². The molecule has 1 fully saturated rings. The molecule has 13 heteroatoms. The molecule has 232 valence electrons. The third-order valence-corrected chi connectivity index (χ3v) is 9.87. The summed E-state index contributed by atoms with van der Waals surface area (Å²) < 4.78 is 56.3. The molecular formula is C31H34ClFN6O4S. The highest BCUT2D eigenvalue weighted by Gasteiger charge is 2.27. The zero-order valence-corrected chi connectivity index (χ0v) is 26.2. The normalized spacial score (nSPS) is 17.5. The second-order valence-corrected chi connectivity index (χ2v) is 13.4. The van der Waals surface area contributed by atoms with E-state index in [1.807, 2.05) is 18.5 Å². The summed E-state index contributed by atoms with van der Waals surface area (Å²) in [6.07, 6.45) is 6.79. The molecule has 2 aliphatic rings. The summed E-state index contributed by atoms with van der Waals surface area (Å²) in [5, 5.41) is 9.14. The zero-order chi connectivity index (χ0) is 31.2. The number of benzene rings is 2. The summed E-state index contributed by atoms with van der Waals surface area (Å²) in [5.74, 6) is -0.206. The first kappa shape index (κ1) is 30.3. The Bertz CT molecular complexity index is 1870. The van der Waals surface area contributed by atoms with E-state index in [0.29, 0.717) is 34.5 Å². The highest BCUT2D eigenvalue weighted by molar-refractivity contribution is 7.92. The van der Waals surface area contributed by atoms with Gasteiger partial charge in [0.25, 0.3) is 10.0 Å². The van der Waals surface area contributed by atoms with Crippen LogP contribution in [-0.2, 0) is 14.8 Å². The molecule has 6 rings (SSSR count). The van der Waals surface area contributed by atoms with E-state index in [2.05, 4.69) is 21.1 Å². The van der Waals surface area contributed by atoms with Gasteiger partial charge in [-0.2, -0.15) is 5.10 Å². The summed E-state index contributed by atoms with van der Waals surface area (Å²) in [7, 11) is -2.81. The quantitative estimate of drug-likeness (QED) is 0.209. The fourth-order valence-corrected chi connectivity index (χ4v) is 7.25. The van der Waals surface area contributed by atoms with Crippen molar-refractivity contribution in [1.82, 2.24) is 20.1 Å². The van der Waals surface area contributed by atoms with Crippen LogP contribution in [0.4, 0.5) is 15.9 Å². The number of nitrogens with zero attached hydrogens (tertiary/aromatic N) is 3. The molecule has 0 saturated carbocycles. The van der Waals surface area contributed by atoms with E-state index in [0.717, 1.165) is 43.6 Å². The lowest BCUT2D eigenvalue weighted by Gasteiger charge is -2.33. The Morgan fingerprint density at radius 1 is 1.18 bits per heavy atom. The molecule has 1 saturated heterocycles. The third kappa shape index (κ3) is 5.74. The van der Waals surface area contributed by atoms with E-state index in [4.69, 9.17) is 31.9 Å². The number of methoxy groups -OCH3 is 1. The van der Waals surface area contributed by atoms with E-state index >= 15 is 4.39 Å². The number of nitrogens with one attached hydrogen (secondary N) is 2. The maximum absolute atomic E-state index is 15.5. The standard InChI is InChI=1S/C31H34ClFN6O4S/c1-17(2)39-30-23(18-4-7-20(8-5-18)36-21-15-43-16-21)14-35-31(34)28(30)29(37-39)19-6-11-26(25(33)12-19)38-44(40,41)27-13-22(42-3)9-10-24(27)32/h4,6,9-14,17,20-21,36,38H,5,7-8,15-16H2,1-3H3,(H2,34,35). The number of pyridine rings is 1. The average Bonchev–Trinajstić information content (AvgIpc) is 3.39. The predicted molar refractivity (Wildman–Crippen MR) is 170 cm³/mol. The minimum absolute atomic E-state index is 0.0207. The molecule has 2 aromatic carbocycles. The first-order valence-corrected chi connectivity index (χ1v) is 16.3. The van der Waals surface area contributed by atoms with Gasteiger partial charge < -0.3 is 20.5 Å². The molecule has 3 heterocycles. The molecule has 0 bridgehead atoms. The van der Waals surface area contributed by atoms with Gasteiger partial charge in [-0.15, -0.1) is 0 Å². The summed E-state index contributed by atoms with van der Waals surface area (Å²) in [6.45, 7) is 5.56. The molecule has 1 atom stereocenters. The summed E-state index contributed by atoms with van der Waals surface area (Å²) >= 11 is 6.14. The van der Waals surface area contributed by atoms with E-state index in [9.17, 15) is 8.42 Å². The maximum atomic E-state index is 15.5. The van der Waals surface area contributed by atoms with Gasteiger partial charge in [0.2, 0.25) is 0 Å². The Balaban J connectivity index is 1.35. The van der Waals surface area contributed by atoms with Crippen molar-refractivity contribution >= 4 is 49.6 Å². The van der Waals surface area contributed by atoms with Crippen molar-refractivity contribution < 1.29 is 22.3 Å². The number of allylic oxidation sites excluding steroid dienone is 1. The van der Waals surface area contributed by atoms with Gasteiger partial charge in [0, 0.05) is 35.5 Å². The van der Waals surface area contributed by atoms with Crippen LogP contribution >= 0.6 is 11.6 Å². The lowest BCUT2D eigenvalue weighted by Crippen LogP contribution is -2.50. The number of sulfonamides is 1. The van der Waals surface area contributed by atoms with Gasteiger partial charge in [-0.25, -0.2) is 17.8 Å². The summed E-state index contributed by atoms with van der Waals surface area (Å²) in [5.41, 5.74) is 10.1. The van der Waals surface area contributed by atoms with Crippen LogP contribution < -0.4 is 20.5 Å². The van der Waals surface area contributed by atoms with Crippen LogP contribution in [0.5, 0.6) is 5.75 Å². The third-order valence-electron chi connectivity index (χ3n) is 8.02. The van der Waals surface area contributed by atoms with Crippen LogP contribution in [0, 0.1) is 5.82 Å². The first-order chi connectivity index (χ1) is 21.1. The van der Waals surface area contributed by atoms with Crippen LogP contribution in [-0.4, -0.2) is 55.6 Å². The van der Waals surface area contributed by atoms with Crippen LogP contribution in [0.1, 0.15) is 44.7 Å². The predicted octanol–water partition coefficient (Wildman–Crippen LogP) is 5.79. The Morgan fingerprint density at radius 2 is 1.98 bits per heavy atom. The lowest BCUT2D eigenvalue weighted by atomic mass is 9.89. The number of rotatable bonds is 9. The number of aromatic nitrogens is 3. The van der Waals surface area contributed by atoms with Crippen molar-refractivity contribution in [3.63, 3.8) is 0 Å². The van der Waals surface area contributed by atoms with Crippen molar-refractivity contribution in [2.75, 3.05) is 30.8 Å². The van der Waals surface area contributed by atoms with E-state index < -0.39 is 15.8 Å². The van der Waals surface area contributed by atoms with Gasteiger partial charge in [-0.05, 0) is 62.9 Å². The largest absolute Gasteiger partial charge is 0.497 e. The Labute approximate surface area is 260 Å². The van der Waals surface area contributed by atoms with E-state index in [1.54, 1.807) is 12.3 Å². The highest BCUT2D eigenvalue weighted by Crippen LogP contribution is 2.40. The Morgan fingerprint density at radius 3 is 2.61 bits per heavy atom. The number of halogens is 2. The van der Waals surface area contributed by atoms with Crippen molar-refractivity contribution in [2.45, 2.75) is 56.1 Å². The smallest absolute Gasteiger partial charge is 0.263 e. The van der Waals surface area contributed by atoms with Crippen LogP contribution in [0.15, 0.2) is 53.6 Å². The molecule has 1 aliphatic carbocycles. The lowest BCUT2D eigenvalue weighted by molar-refractivity contribution is -0.0103. The van der Waals surface area contributed by atoms with Crippen molar-refractivity contribution in [3.8, 4) is 17.0 Å². The zero-order valence-electron chi connectivity index (χ0n) is 24.6. The van der Waals surface area contributed by atoms with Crippen LogP contribution in [0.3, 0.4) is 0 Å². The van der Waals surface area contributed by atoms with Gasteiger partial charge in [-0.3, -0.25) is 9.40 Å². The maximum Gasteiger partial charge on any atom is 0.263 e. The fraction of sp³-hybridized carbons (Fsp3) is 0.355. The molecule has 44 heavy (non-hydrogen) atoms. The number of hydrogen-bond acceptors (Lipinski definition) is 8. The second kappa shape index (κ2) is 12.0. The highest BCUT2D eigenvalue weighted by atomic mass is 35.5. The molecule has 0 radical (unpaired) electrons. The molecule has 4 aromatic rings. The molecule has 1 unspecified atom stereocenters. The van der Waals surface area contributed by atoms with Gasteiger partial charge in [0.05, 0.1) is 48.0 Å². The van der Waals surface area contributed by atoms with E-state index in [-0.39, 0.29) is 27.5 Å². The monoisotopic (exact) mass is 640 g/mol.